The summed E-state index contributed by atoms with van der Waals surface area (Å²) in [6, 6.07) is -0.287. The van der Waals surface area contributed by atoms with E-state index < -0.39 is 0 Å². The average Bonchev–Trinajstić information content (AvgIpc) is 2.32. The van der Waals surface area contributed by atoms with Gasteiger partial charge in [-0.3, -0.25) is 4.79 Å². The van der Waals surface area contributed by atoms with Crippen molar-refractivity contribution >= 4 is 22.8 Å². The van der Waals surface area contributed by atoms with E-state index in [2.05, 4.69) is 11.4 Å². The molecule has 0 spiro atoms. The van der Waals surface area contributed by atoms with Crippen LogP contribution in [0.2, 0.25) is 0 Å². The number of Topliss-reactive ketones (excluding diaryl/α,β-unsaturated/α-hetero) is 1. The summed E-state index contributed by atoms with van der Waals surface area (Å²) in [7, 11) is 1.72. The normalized spacial score (nSPS) is 22.9. The van der Waals surface area contributed by atoms with Gasteiger partial charge in [-0.2, -0.15) is 0 Å². The Bertz CT molecular complexity index is 331. The summed E-state index contributed by atoms with van der Waals surface area (Å²) in [6.45, 7) is 1.52. The van der Waals surface area contributed by atoms with Gasteiger partial charge in [0, 0.05) is 5.75 Å². The van der Waals surface area contributed by atoms with Gasteiger partial charge in [0.2, 0.25) is 0 Å². The number of hydrogen-bond acceptors (Lipinski definition) is 5. The molecule has 1 aliphatic carbocycles. The summed E-state index contributed by atoms with van der Waals surface area (Å²) in [5.74, 6) is 0.454. The molecular formula is C14H23NO3S. The number of thioether (sulfide) groups is 1. The van der Waals surface area contributed by atoms with E-state index in [9.17, 15) is 9.59 Å². The Morgan fingerprint density at radius 1 is 1.42 bits per heavy atom. The molecule has 0 bridgehead atoms. The molecule has 0 saturated carbocycles. The van der Waals surface area contributed by atoms with Crippen molar-refractivity contribution in [2.75, 3.05) is 12.8 Å². The van der Waals surface area contributed by atoms with Crippen molar-refractivity contribution in [2.45, 2.75) is 51.2 Å². The highest BCUT2D eigenvalue weighted by Crippen LogP contribution is 2.17. The molecule has 0 aromatic rings. The molecule has 0 radical (unpaired) electrons. The third-order valence-electron chi connectivity index (χ3n) is 3.16. The molecule has 1 aliphatic rings. The van der Waals surface area contributed by atoms with Crippen LogP contribution in [0, 0.1) is 0 Å². The van der Waals surface area contributed by atoms with E-state index in [-0.39, 0.29) is 23.2 Å². The number of rotatable bonds is 5. The molecule has 0 heterocycles. The first-order valence-corrected chi connectivity index (χ1v) is 7.80. The standard InChI is InChI=1S/C14H23NO3S/c1-11(16)13(15-2)10-19-14(17)18-12-8-6-4-3-5-7-9-12/h6,8,12-13,15H,3-5,7,9-10H2,1-2H3/b8-6+/t12?,13-/m1/s1. The summed E-state index contributed by atoms with van der Waals surface area (Å²) in [4.78, 5) is 22.9. The second kappa shape index (κ2) is 9.15. The van der Waals surface area contributed by atoms with Gasteiger partial charge in [0.05, 0.1) is 6.04 Å². The van der Waals surface area contributed by atoms with Crippen LogP contribution in [-0.4, -0.2) is 36.0 Å². The molecule has 108 valence electrons. The number of allylic oxidation sites excluding steroid dienone is 1. The van der Waals surface area contributed by atoms with Crippen molar-refractivity contribution < 1.29 is 14.3 Å². The Balaban J connectivity index is 2.33. The quantitative estimate of drug-likeness (QED) is 0.622. The Hall–Kier alpha value is -0.810. The Labute approximate surface area is 119 Å². The zero-order valence-electron chi connectivity index (χ0n) is 11.7. The largest absolute Gasteiger partial charge is 0.450 e. The lowest BCUT2D eigenvalue weighted by Crippen LogP contribution is -2.35. The van der Waals surface area contributed by atoms with E-state index >= 15 is 0 Å². The summed E-state index contributed by atoms with van der Waals surface area (Å²) < 4.78 is 5.40. The highest BCUT2D eigenvalue weighted by molar-refractivity contribution is 8.13. The molecule has 5 heteroatoms. The fourth-order valence-electron chi connectivity index (χ4n) is 1.94. The summed E-state index contributed by atoms with van der Waals surface area (Å²) in [5, 5.41) is 2.59. The van der Waals surface area contributed by atoms with Gasteiger partial charge in [-0.15, -0.1) is 0 Å². The smallest absolute Gasteiger partial charge is 0.367 e. The summed E-state index contributed by atoms with van der Waals surface area (Å²) >= 11 is 1.06. The van der Waals surface area contributed by atoms with Crippen molar-refractivity contribution in [1.82, 2.24) is 5.32 Å². The molecule has 0 aliphatic heterocycles. The molecular weight excluding hydrogens is 262 g/mol. The topological polar surface area (TPSA) is 55.4 Å². The van der Waals surface area contributed by atoms with E-state index in [1.165, 1.54) is 19.8 Å². The van der Waals surface area contributed by atoms with Crippen molar-refractivity contribution in [3.8, 4) is 0 Å². The van der Waals surface area contributed by atoms with Gasteiger partial charge < -0.3 is 10.1 Å². The molecule has 0 fully saturated rings. The maximum Gasteiger partial charge on any atom is 0.367 e. The van der Waals surface area contributed by atoms with Crippen LogP contribution in [0.25, 0.3) is 0 Å². The first-order valence-electron chi connectivity index (χ1n) is 6.81. The molecule has 0 aromatic carbocycles. The average molecular weight is 285 g/mol. The minimum Gasteiger partial charge on any atom is -0.450 e. The van der Waals surface area contributed by atoms with Crippen molar-refractivity contribution in [2.24, 2.45) is 0 Å². The van der Waals surface area contributed by atoms with Crippen molar-refractivity contribution in [3.63, 3.8) is 0 Å². The zero-order chi connectivity index (χ0) is 14.1. The van der Waals surface area contributed by atoms with Crippen LogP contribution < -0.4 is 5.32 Å². The molecule has 2 atom stereocenters. The fraction of sp³-hybridized carbons (Fsp3) is 0.714. The number of carbonyl (C=O) groups excluding carboxylic acids is 2. The predicted molar refractivity (Wildman–Crippen MR) is 78.5 cm³/mol. The third-order valence-corrected chi connectivity index (χ3v) is 4.00. The fourth-order valence-corrected chi connectivity index (χ4v) is 2.84. The maximum atomic E-state index is 11.7. The second-order valence-electron chi connectivity index (χ2n) is 4.74. The lowest BCUT2D eigenvalue weighted by molar-refractivity contribution is -0.118. The minimum atomic E-state index is -0.295. The first kappa shape index (κ1) is 16.2. The van der Waals surface area contributed by atoms with Gasteiger partial charge in [0.25, 0.3) is 0 Å². The first-order chi connectivity index (χ1) is 9.13. The summed E-state index contributed by atoms with van der Waals surface area (Å²) in [6.07, 6.45) is 9.43. The van der Waals surface area contributed by atoms with Crippen LogP contribution in [0.3, 0.4) is 0 Å². The zero-order valence-corrected chi connectivity index (χ0v) is 12.5. The predicted octanol–water partition coefficient (Wildman–Crippen LogP) is 2.92. The Morgan fingerprint density at radius 2 is 2.21 bits per heavy atom. The van der Waals surface area contributed by atoms with E-state index in [0.717, 1.165) is 31.0 Å². The van der Waals surface area contributed by atoms with E-state index in [1.54, 1.807) is 7.05 Å². The summed E-state index contributed by atoms with van der Waals surface area (Å²) in [5.41, 5.74) is 0. The van der Waals surface area contributed by atoms with Gasteiger partial charge in [0.15, 0.2) is 0 Å². The Morgan fingerprint density at radius 3 is 2.89 bits per heavy atom. The molecule has 1 rings (SSSR count). The molecule has 0 saturated heterocycles. The lowest BCUT2D eigenvalue weighted by Gasteiger charge is -2.17. The van der Waals surface area contributed by atoms with Crippen LogP contribution in [0.5, 0.6) is 0 Å². The molecule has 0 amide bonds. The van der Waals surface area contributed by atoms with Crippen LogP contribution in [0.15, 0.2) is 12.2 Å². The highest BCUT2D eigenvalue weighted by Gasteiger charge is 2.17. The van der Waals surface area contributed by atoms with E-state index in [4.69, 9.17) is 4.74 Å². The number of likely N-dealkylation sites (N-methyl/N-ethyl adjacent to an activating group) is 1. The number of ketones is 1. The van der Waals surface area contributed by atoms with Crippen LogP contribution >= 0.6 is 11.8 Å². The number of carbonyl (C=O) groups is 2. The molecule has 0 aromatic heterocycles. The lowest BCUT2D eigenvalue weighted by atomic mass is 10.0. The second-order valence-corrected chi connectivity index (χ2v) is 5.69. The number of hydrogen-bond donors (Lipinski definition) is 1. The van der Waals surface area contributed by atoms with Crippen molar-refractivity contribution in [3.05, 3.63) is 12.2 Å². The maximum absolute atomic E-state index is 11.7. The van der Waals surface area contributed by atoms with Crippen LogP contribution in [0.1, 0.15) is 39.0 Å². The monoisotopic (exact) mass is 285 g/mol. The van der Waals surface area contributed by atoms with Gasteiger partial charge in [-0.25, -0.2) is 4.79 Å². The minimum absolute atomic E-state index is 0.0358. The highest BCUT2D eigenvalue weighted by atomic mass is 32.2. The number of ether oxygens (including phenoxy) is 1. The number of nitrogens with one attached hydrogen (secondary N) is 1. The van der Waals surface area contributed by atoms with Gasteiger partial charge >= 0.3 is 5.30 Å². The molecule has 19 heavy (non-hydrogen) atoms. The molecule has 4 nitrogen and oxygen atoms in total. The third kappa shape index (κ3) is 6.78. The van der Waals surface area contributed by atoms with Crippen molar-refractivity contribution in [1.29, 1.82) is 0 Å². The Kier molecular flexibility index (Phi) is 7.82. The van der Waals surface area contributed by atoms with E-state index in [1.807, 2.05) is 6.08 Å². The van der Waals surface area contributed by atoms with Gasteiger partial charge in [-0.05, 0) is 57.5 Å². The van der Waals surface area contributed by atoms with E-state index in [0.29, 0.717) is 5.75 Å². The van der Waals surface area contributed by atoms with Crippen LogP contribution in [-0.2, 0) is 9.53 Å². The van der Waals surface area contributed by atoms with Gasteiger partial charge in [0.1, 0.15) is 11.9 Å². The van der Waals surface area contributed by atoms with Gasteiger partial charge in [-0.1, -0.05) is 12.5 Å². The molecule has 1 N–H and O–H groups in total. The van der Waals surface area contributed by atoms with Crippen LogP contribution in [0.4, 0.5) is 4.79 Å². The molecule has 1 unspecified atom stereocenters. The SMILES string of the molecule is CN[C@H](CSC(=O)OC1/C=C/CCCCC1)C(C)=O.